The Morgan fingerprint density at radius 2 is 1.68 bits per heavy atom. The molecule has 4 aliphatic heterocycles. The topological polar surface area (TPSA) is 165 Å². The van der Waals surface area contributed by atoms with E-state index in [2.05, 4.69) is 25.3 Å². The Morgan fingerprint density at radius 1 is 0.894 bits per heavy atom. The number of carbonyl (C=O) groups excluding carboxylic acids is 4. The second-order valence-electron chi connectivity index (χ2n) is 18.3. The number of imidazole rings is 1. The lowest BCUT2D eigenvalue weighted by Crippen LogP contribution is -2.44. The number of fused-ring (bicyclic) bond motifs is 3. The highest BCUT2D eigenvalue weighted by molar-refractivity contribution is 6.00. The number of nitrogens with zero attached hydrogens (tertiary/aromatic N) is 9. The number of anilines is 3. The van der Waals surface area contributed by atoms with Gasteiger partial charge in [0.05, 0.1) is 29.8 Å². The van der Waals surface area contributed by atoms with Crippen LogP contribution in [0.25, 0.3) is 22.2 Å². The van der Waals surface area contributed by atoms with Crippen molar-refractivity contribution in [3.8, 4) is 11.1 Å². The quantitative estimate of drug-likeness (QED) is 0.0941. The van der Waals surface area contributed by atoms with Crippen LogP contribution in [0.15, 0.2) is 47.5 Å². The van der Waals surface area contributed by atoms with Crippen LogP contribution in [0.3, 0.4) is 0 Å². The molecule has 4 aliphatic rings. The summed E-state index contributed by atoms with van der Waals surface area (Å²) in [6.45, 7) is 5.25. The molecule has 16 nitrogen and oxygen atoms in total. The van der Waals surface area contributed by atoms with E-state index >= 15 is 0 Å². The van der Waals surface area contributed by atoms with Gasteiger partial charge in [-0.1, -0.05) is 19.3 Å². The molecule has 0 saturated carbocycles. The number of amides is 4. The monoisotopic (exact) mass is 907 g/mol. The number of halogens is 2. The summed E-state index contributed by atoms with van der Waals surface area (Å²) >= 11 is 0. The Bertz CT molecular complexity index is 2730. The third-order valence-electron chi connectivity index (χ3n) is 14.1. The molecule has 2 N–H and O–H groups in total. The first-order chi connectivity index (χ1) is 31.9. The SMILES string of the molecule is CC(=O)N1CCc2c(c(N3CCCc4cc(-c5cnn(C)c5)c(C(F)F)cc43)nn2C2CCN(C(=O)CCCCCCCNc3ccc4c(c3)n(C)c(=O)n4C3CCC(=O)NC3=O)CC2)C1. The van der Waals surface area contributed by atoms with Gasteiger partial charge in [-0.15, -0.1) is 0 Å². The molecule has 2 saturated heterocycles. The van der Waals surface area contributed by atoms with Crippen LogP contribution in [0.5, 0.6) is 0 Å². The lowest BCUT2D eigenvalue weighted by Gasteiger charge is -2.34. The molecule has 7 heterocycles. The van der Waals surface area contributed by atoms with E-state index in [4.69, 9.17) is 5.10 Å². The molecule has 0 radical (unpaired) electrons. The van der Waals surface area contributed by atoms with Crippen molar-refractivity contribution in [2.75, 3.05) is 42.9 Å². The summed E-state index contributed by atoms with van der Waals surface area (Å²) in [7, 11) is 3.46. The average molecular weight is 908 g/mol. The summed E-state index contributed by atoms with van der Waals surface area (Å²) in [4.78, 5) is 69.2. The minimum absolute atomic E-state index is 0.00763. The van der Waals surface area contributed by atoms with Crippen molar-refractivity contribution in [1.82, 2.24) is 43.8 Å². The van der Waals surface area contributed by atoms with Crippen molar-refractivity contribution in [3.63, 3.8) is 0 Å². The fourth-order valence-electron chi connectivity index (χ4n) is 10.5. The van der Waals surface area contributed by atoms with Crippen LogP contribution >= 0.6 is 0 Å². The molecule has 1 unspecified atom stereocenters. The lowest BCUT2D eigenvalue weighted by atomic mass is 9.92. The van der Waals surface area contributed by atoms with Crippen LogP contribution in [0.2, 0.25) is 0 Å². The number of aryl methyl sites for hydroxylation is 3. The minimum atomic E-state index is -2.68. The normalized spacial score (nSPS) is 18.0. The van der Waals surface area contributed by atoms with E-state index in [1.165, 1.54) is 9.13 Å². The largest absolute Gasteiger partial charge is 0.385 e. The molecule has 0 spiro atoms. The molecule has 66 heavy (non-hydrogen) atoms. The number of alkyl halides is 2. The first-order valence-corrected chi connectivity index (χ1v) is 23.5. The van der Waals surface area contributed by atoms with Crippen molar-refractivity contribution in [1.29, 1.82) is 0 Å². The molecule has 2 fully saturated rings. The van der Waals surface area contributed by atoms with Crippen LogP contribution in [0.4, 0.5) is 26.0 Å². The van der Waals surface area contributed by atoms with Crippen LogP contribution in [-0.2, 0) is 52.7 Å². The van der Waals surface area contributed by atoms with Crippen molar-refractivity contribution in [2.24, 2.45) is 14.1 Å². The number of rotatable bonds is 14. The highest BCUT2D eigenvalue weighted by Gasteiger charge is 2.36. The smallest absolute Gasteiger partial charge is 0.329 e. The van der Waals surface area contributed by atoms with Crippen LogP contribution < -0.4 is 21.2 Å². The second-order valence-corrected chi connectivity index (χ2v) is 18.3. The molecule has 0 bridgehead atoms. The van der Waals surface area contributed by atoms with Gasteiger partial charge in [0.1, 0.15) is 6.04 Å². The zero-order valence-electron chi connectivity index (χ0n) is 38.0. The Morgan fingerprint density at radius 3 is 2.42 bits per heavy atom. The molecule has 0 aliphatic carbocycles. The number of likely N-dealkylation sites (tertiary alicyclic amines) is 1. The zero-order valence-corrected chi connectivity index (χ0v) is 38.0. The second kappa shape index (κ2) is 18.9. The maximum atomic E-state index is 14.7. The zero-order chi connectivity index (χ0) is 46.2. The van der Waals surface area contributed by atoms with E-state index in [1.54, 1.807) is 44.2 Å². The van der Waals surface area contributed by atoms with Crippen LogP contribution in [-0.4, -0.2) is 94.8 Å². The van der Waals surface area contributed by atoms with Gasteiger partial charge in [0.25, 0.3) is 6.43 Å². The Kier molecular flexibility index (Phi) is 12.8. The number of unbranched alkanes of at least 4 members (excludes halogenated alkanes) is 4. The van der Waals surface area contributed by atoms with Gasteiger partial charge in [0.15, 0.2) is 5.82 Å². The van der Waals surface area contributed by atoms with E-state index in [-0.39, 0.29) is 41.4 Å². The molecule has 1 atom stereocenters. The predicted molar refractivity (Wildman–Crippen MR) is 246 cm³/mol. The number of benzene rings is 2. The molecule has 2 aromatic carbocycles. The molecule has 4 amide bonds. The van der Waals surface area contributed by atoms with Crippen molar-refractivity contribution < 1.29 is 28.0 Å². The Hall–Kier alpha value is -6.33. The first-order valence-electron chi connectivity index (χ1n) is 23.5. The molecule has 5 aromatic rings. The van der Waals surface area contributed by atoms with E-state index in [1.807, 2.05) is 34.1 Å². The van der Waals surface area contributed by atoms with Crippen molar-refractivity contribution >= 4 is 51.9 Å². The number of hydrogen-bond acceptors (Lipinski definition) is 9. The standard InChI is InChI=1S/C48H59F2N11O5/c1-30(62)58-23-18-38-37(29-58)46(59-20-9-10-31-24-35(32-27-52-55(2)28-32)36(45(49)50)26-41(31)59)54-61(38)34-16-21-57(22-17-34)44(64)11-7-5-4-6-8-19-51-33-12-13-39-42(25-33)56(3)48(66)60(39)40-14-15-43(63)53-47(40)65/h12-13,24-28,34,40,45,51H,4-11,14-23,29H2,1-3H3,(H,53,63,65). The van der Waals surface area contributed by atoms with Crippen LogP contribution in [0, 0.1) is 0 Å². The maximum Gasteiger partial charge on any atom is 0.329 e. The van der Waals surface area contributed by atoms with Gasteiger partial charge in [0, 0.05) is 113 Å². The first kappa shape index (κ1) is 44.9. The van der Waals surface area contributed by atoms with Gasteiger partial charge in [-0.3, -0.25) is 43.0 Å². The van der Waals surface area contributed by atoms with Gasteiger partial charge in [0.2, 0.25) is 23.6 Å². The molecular formula is C48H59F2N11O5. The molecule has 9 rings (SSSR count). The van der Waals surface area contributed by atoms with Gasteiger partial charge in [-0.05, 0) is 86.4 Å². The summed E-state index contributed by atoms with van der Waals surface area (Å²) in [6, 6.07) is 8.55. The number of piperidine rings is 2. The fourth-order valence-corrected chi connectivity index (χ4v) is 10.5. The van der Waals surface area contributed by atoms with Crippen molar-refractivity contribution in [3.05, 3.63) is 75.6 Å². The van der Waals surface area contributed by atoms with E-state index in [0.717, 1.165) is 98.3 Å². The third-order valence-corrected chi connectivity index (χ3v) is 14.1. The van der Waals surface area contributed by atoms with Gasteiger partial charge >= 0.3 is 5.69 Å². The molecular weight excluding hydrogens is 849 g/mol. The van der Waals surface area contributed by atoms with Crippen molar-refractivity contribution in [2.45, 2.75) is 115 Å². The Labute approximate surface area is 381 Å². The highest BCUT2D eigenvalue weighted by atomic mass is 19.3. The molecule has 18 heteroatoms. The number of aromatic nitrogens is 6. The van der Waals surface area contributed by atoms with E-state index in [9.17, 15) is 32.8 Å². The number of imide groups is 1. The third kappa shape index (κ3) is 8.85. The molecule has 3 aromatic heterocycles. The number of hydrogen-bond donors (Lipinski definition) is 2. The summed E-state index contributed by atoms with van der Waals surface area (Å²) in [5, 5.41) is 15.3. The van der Waals surface area contributed by atoms with Crippen LogP contribution in [0.1, 0.15) is 118 Å². The van der Waals surface area contributed by atoms with E-state index < -0.39 is 18.4 Å². The van der Waals surface area contributed by atoms with Gasteiger partial charge in [-0.25, -0.2) is 13.6 Å². The lowest BCUT2D eigenvalue weighted by molar-refractivity contribution is -0.136. The summed E-state index contributed by atoms with van der Waals surface area (Å²) in [5.74, 6) is 0.131. The minimum Gasteiger partial charge on any atom is -0.385 e. The average Bonchev–Trinajstić information content (AvgIpc) is 3.99. The summed E-state index contributed by atoms with van der Waals surface area (Å²) < 4.78 is 36.2. The summed E-state index contributed by atoms with van der Waals surface area (Å²) in [6.07, 6.45) is 10.3. The highest BCUT2D eigenvalue weighted by Crippen LogP contribution is 2.44. The van der Waals surface area contributed by atoms with Gasteiger partial charge < -0.3 is 20.0 Å². The van der Waals surface area contributed by atoms with Gasteiger partial charge in [-0.2, -0.15) is 10.2 Å². The molecule has 350 valence electrons. The maximum absolute atomic E-state index is 14.7. The van der Waals surface area contributed by atoms with E-state index in [0.29, 0.717) is 74.1 Å². The Balaban J connectivity index is 0.771. The number of carbonyl (C=O) groups is 4. The summed E-state index contributed by atoms with van der Waals surface area (Å²) in [5.41, 5.74) is 6.85. The predicted octanol–water partition coefficient (Wildman–Crippen LogP) is 6.46. The fraction of sp³-hybridized carbons (Fsp3) is 0.521. The number of nitrogens with one attached hydrogen (secondary N) is 2.